The number of urea groups is 1. The molecule has 5 heteroatoms. The molecule has 0 saturated carbocycles. The van der Waals surface area contributed by atoms with Crippen LogP contribution in [0.4, 0.5) is 4.79 Å². The minimum Gasteiger partial charge on any atom is -0.338 e. The lowest BCUT2D eigenvalue weighted by molar-refractivity contribution is 0.237. The molecule has 0 fully saturated rings. The molecule has 1 unspecified atom stereocenters. The van der Waals surface area contributed by atoms with Gasteiger partial charge in [-0.25, -0.2) is 4.79 Å². The molecule has 18 heavy (non-hydrogen) atoms. The maximum Gasteiger partial charge on any atom is 0.315 e. The van der Waals surface area contributed by atoms with Gasteiger partial charge >= 0.3 is 6.03 Å². The van der Waals surface area contributed by atoms with E-state index in [2.05, 4.69) is 26.5 Å². The van der Waals surface area contributed by atoms with Crippen LogP contribution in [-0.4, -0.2) is 28.6 Å². The van der Waals surface area contributed by atoms with Crippen molar-refractivity contribution in [2.75, 3.05) is 6.54 Å². The minimum absolute atomic E-state index is 0.209. The van der Waals surface area contributed by atoms with Crippen LogP contribution < -0.4 is 10.6 Å². The van der Waals surface area contributed by atoms with Crippen LogP contribution in [0.2, 0.25) is 0 Å². The molecule has 0 aliphatic heterocycles. The summed E-state index contributed by atoms with van der Waals surface area (Å²) in [6, 6.07) is -0.503. The summed E-state index contributed by atoms with van der Waals surface area (Å²) in [6.07, 6.45) is 10.9. The molecule has 0 bridgehead atoms. The summed E-state index contributed by atoms with van der Waals surface area (Å²) in [5.41, 5.74) is 0.843. The Bertz CT molecular complexity index is 411. The van der Waals surface area contributed by atoms with Crippen LogP contribution >= 0.6 is 0 Å². The highest BCUT2D eigenvalue weighted by atomic mass is 16.2. The molecule has 1 atom stereocenters. The molecule has 0 spiro atoms. The van der Waals surface area contributed by atoms with Crippen molar-refractivity contribution >= 4 is 6.03 Å². The molecule has 0 aliphatic rings. The zero-order valence-electron chi connectivity index (χ0n) is 10.7. The standard InChI is InChI=1S/C13H18N4O/c1-4-12(10(2)3)17-13(18)16-6-5-11-9-14-7-8-15-11/h1,7-10,12H,5-6H2,2-3H3,(H2,16,17,18). The quantitative estimate of drug-likeness (QED) is 0.761. The molecular weight excluding hydrogens is 228 g/mol. The van der Waals surface area contributed by atoms with Gasteiger partial charge in [0.15, 0.2) is 0 Å². The molecule has 2 N–H and O–H groups in total. The van der Waals surface area contributed by atoms with Gasteiger partial charge < -0.3 is 10.6 Å². The number of nitrogens with one attached hydrogen (secondary N) is 2. The summed E-state index contributed by atoms with van der Waals surface area (Å²) in [4.78, 5) is 19.6. The molecule has 0 saturated heterocycles. The van der Waals surface area contributed by atoms with Crippen LogP contribution in [-0.2, 0) is 6.42 Å². The monoisotopic (exact) mass is 246 g/mol. The van der Waals surface area contributed by atoms with Crippen molar-refractivity contribution in [3.8, 4) is 12.3 Å². The van der Waals surface area contributed by atoms with Gasteiger partial charge in [-0.1, -0.05) is 19.8 Å². The molecule has 1 rings (SSSR count). The van der Waals surface area contributed by atoms with Crippen molar-refractivity contribution in [1.29, 1.82) is 0 Å². The van der Waals surface area contributed by atoms with Crippen molar-refractivity contribution in [2.24, 2.45) is 5.92 Å². The van der Waals surface area contributed by atoms with Crippen LogP contribution in [0.3, 0.4) is 0 Å². The number of hydrogen-bond acceptors (Lipinski definition) is 3. The van der Waals surface area contributed by atoms with Gasteiger partial charge in [-0.3, -0.25) is 9.97 Å². The molecule has 1 heterocycles. The summed E-state index contributed by atoms with van der Waals surface area (Å²) in [5.74, 6) is 2.76. The lowest BCUT2D eigenvalue weighted by atomic mass is 10.1. The van der Waals surface area contributed by atoms with Gasteiger partial charge in [-0.2, -0.15) is 0 Å². The average molecular weight is 246 g/mol. The predicted octanol–water partition coefficient (Wildman–Crippen LogP) is 0.976. The fraction of sp³-hybridized carbons (Fsp3) is 0.462. The van der Waals surface area contributed by atoms with E-state index in [9.17, 15) is 4.79 Å². The molecule has 1 aromatic heterocycles. The van der Waals surface area contributed by atoms with Crippen LogP contribution in [0.1, 0.15) is 19.5 Å². The third-order valence-corrected chi connectivity index (χ3v) is 2.42. The van der Waals surface area contributed by atoms with E-state index in [1.54, 1.807) is 18.6 Å². The van der Waals surface area contributed by atoms with Gasteiger partial charge in [0.05, 0.1) is 11.7 Å². The lowest BCUT2D eigenvalue weighted by Crippen LogP contribution is -2.44. The first kappa shape index (κ1) is 14.0. The van der Waals surface area contributed by atoms with E-state index in [1.165, 1.54) is 0 Å². The number of hydrogen-bond donors (Lipinski definition) is 2. The third kappa shape index (κ3) is 4.83. The molecule has 5 nitrogen and oxygen atoms in total. The lowest BCUT2D eigenvalue weighted by Gasteiger charge is -2.16. The third-order valence-electron chi connectivity index (χ3n) is 2.42. The molecule has 96 valence electrons. The van der Waals surface area contributed by atoms with E-state index in [-0.39, 0.29) is 18.0 Å². The van der Waals surface area contributed by atoms with Crippen molar-refractivity contribution in [3.05, 3.63) is 24.3 Å². The molecular formula is C13H18N4O. The van der Waals surface area contributed by atoms with Crippen LogP contribution in [0.5, 0.6) is 0 Å². The summed E-state index contributed by atoms with van der Waals surface area (Å²) >= 11 is 0. The van der Waals surface area contributed by atoms with Gasteiger partial charge in [-0.05, 0) is 5.92 Å². The Hall–Kier alpha value is -2.09. The van der Waals surface area contributed by atoms with E-state index in [0.717, 1.165) is 5.69 Å². The van der Waals surface area contributed by atoms with Gasteiger partial charge in [0.1, 0.15) is 0 Å². The Labute approximate surface area is 107 Å². The maximum absolute atomic E-state index is 11.6. The number of carbonyl (C=O) groups is 1. The highest BCUT2D eigenvalue weighted by molar-refractivity contribution is 5.74. The van der Waals surface area contributed by atoms with Crippen LogP contribution in [0.15, 0.2) is 18.6 Å². The van der Waals surface area contributed by atoms with Gasteiger partial charge in [0.25, 0.3) is 0 Å². The minimum atomic E-state index is -0.254. The van der Waals surface area contributed by atoms with E-state index in [0.29, 0.717) is 13.0 Å². The Balaban J connectivity index is 2.28. The van der Waals surface area contributed by atoms with Crippen LogP contribution in [0, 0.1) is 18.3 Å². The zero-order valence-corrected chi connectivity index (χ0v) is 10.7. The Morgan fingerprint density at radius 1 is 1.50 bits per heavy atom. The second-order valence-electron chi connectivity index (χ2n) is 4.24. The first-order valence-corrected chi connectivity index (χ1v) is 5.89. The molecule has 0 aromatic carbocycles. The van der Waals surface area contributed by atoms with Crippen molar-refractivity contribution in [2.45, 2.75) is 26.3 Å². The largest absolute Gasteiger partial charge is 0.338 e. The van der Waals surface area contributed by atoms with E-state index in [4.69, 9.17) is 6.42 Å². The second kappa shape index (κ2) is 7.28. The zero-order chi connectivity index (χ0) is 13.4. The average Bonchev–Trinajstić information content (AvgIpc) is 2.37. The summed E-state index contributed by atoms with van der Waals surface area (Å²) in [6.45, 7) is 4.43. The molecule has 0 radical (unpaired) electrons. The maximum atomic E-state index is 11.6. The Kier molecular flexibility index (Phi) is 5.65. The van der Waals surface area contributed by atoms with Crippen LogP contribution in [0.25, 0.3) is 0 Å². The van der Waals surface area contributed by atoms with Crippen molar-refractivity contribution in [3.63, 3.8) is 0 Å². The summed E-state index contributed by atoms with van der Waals surface area (Å²) < 4.78 is 0. The Morgan fingerprint density at radius 3 is 2.83 bits per heavy atom. The molecule has 0 aliphatic carbocycles. The van der Waals surface area contributed by atoms with Crippen molar-refractivity contribution in [1.82, 2.24) is 20.6 Å². The van der Waals surface area contributed by atoms with E-state index in [1.807, 2.05) is 13.8 Å². The Morgan fingerprint density at radius 2 is 2.28 bits per heavy atom. The molecule has 2 amide bonds. The normalized spacial score (nSPS) is 11.7. The first-order valence-electron chi connectivity index (χ1n) is 5.89. The highest BCUT2D eigenvalue weighted by Crippen LogP contribution is 1.99. The number of terminal acetylenes is 1. The number of aromatic nitrogens is 2. The smallest absolute Gasteiger partial charge is 0.315 e. The van der Waals surface area contributed by atoms with Gasteiger partial charge in [0.2, 0.25) is 0 Å². The SMILES string of the molecule is C#CC(NC(=O)NCCc1cnccn1)C(C)C. The van der Waals surface area contributed by atoms with Gasteiger partial charge in [0, 0.05) is 31.6 Å². The van der Waals surface area contributed by atoms with E-state index < -0.39 is 0 Å². The summed E-state index contributed by atoms with van der Waals surface area (Å²) in [5, 5.41) is 5.47. The number of nitrogens with zero attached hydrogens (tertiary/aromatic N) is 2. The number of carbonyl (C=O) groups excluding carboxylic acids is 1. The fourth-order valence-electron chi connectivity index (χ4n) is 1.36. The highest BCUT2D eigenvalue weighted by Gasteiger charge is 2.12. The number of rotatable bonds is 5. The predicted molar refractivity (Wildman–Crippen MR) is 69.7 cm³/mol. The molecule has 1 aromatic rings. The topological polar surface area (TPSA) is 66.9 Å². The fourth-order valence-corrected chi connectivity index (χ4v) is 1.36. The first-order chi connectivity index (χ1) is 8.63. The summed E-state index contributed by atoms with van der Waals surface area (Å²) in [7, 11) is 0. The van der Waals surface area contributed by atoms with E-state index >= 15 is 0 Å². The number of amides is 2. The van der Waals surface area contributed by atoms with Gasteiger partial charge in [-0.15, -0.1) is 6.42 Å². The second-order valence-corrected chi connectivity index (χ2v) is 4.24. The van der Waals surface area contributed by atoms with Crippen molar-refractivity contribution < 1.29 is 4.79 Å².